The summed E-state index contributed by atoms with van der Waals surface area (Å²) in [4.78, 5) is 13.7. The molecule has 2 rings (SSSR count). The van der Waals surface area contributed by atoms with Gasteiger partial charge in [-0.2, -0.15) is 0 Å². The number of likely N-dealkylation sites (tertiary alicyclic amines) is 1. The number of aliphatic hydroxyl groups excluding tert-OH is 1. The van der Waals surface area contributed by atoms with Crippen molar-refractivity contribution in [2.75, 3.05) is 6.54 Å². The molecule has 2 atom stereocenters. The minimum absolute atomic E-state index is 0.0184. The lowest BCUT2D eigenvalue weighted by Gasteiger charge is -2.24. The summed E-state index contributed by atoms with van der Waals surface area (Å²) in [5.41, 5.74) is 0.282. The van der Waals surface area contributed by atoms with Gasteiger partial charge in [-0.15, -0.1) is 0 Å². The Bertz CT molecular complexity index is 248. The molecule has 80 valence electrons. The zero-order chi connectivity index (χ0) is 10.3. The van der Waals surface area contributed by atoms with E-state index in [1.54, 1.807) is 0 Å². The van der Waals surface area contributed by atoms with Crippen molar-refractivity contribution >= 4 is 5.91 Å². The Labute approximate surface area is 85.1 Å². The second-order valence-electron chi connectivity index (χ2n) is 5.17. The average molecular weight is 197 g/mol. The molecular formula is C11H19NO2. The first-order chi connectivity index (χ1) is 6.52. The second kappa shape index (κ2) is 3.23. The summed E-state index contributed by atoms with van der Waals surface area (Å²) in [5.74, 6) is 0.231. The zero-order valence-electron chi connectivity index (χ0n) is 8.99. The van der Waals surface area contributed by atoms with E-state index in [1.807, 2.05) is 11.8 Å². The lowest BCUT2D eigenvalue weighted by Crippen LogP contribution is -2.38. The van der Waals surface area contributed by atoms with Crippen molar-refractivity contribution < 1.29 is 9.90 Å². The SMILES string of the molecule is C[C@@H]1[C@H](O)CCN1C(=O)CC1(C)CC1. The van der Waals surface area contributed by atoms with E-state index >= 15 is 0 Å². The summed E-state index contributed by atoms with van der Waals surface area (Å²) in [5, 5.41) is 9.54. The quantitative estimate of drug-likeness (QED) is 0.721. The molecule has 1 aliphatic heterocycles. The normalized spacial score (nSPS) is 34.6. The second-order valence-corrected chi connectivity index (χ2v) is 5.17. The summed E-state index contributed by atoms with van der Waals surface area (Å²) >= 11 is 0. The Morgan fingerprint density at radius 1 is 1.57 bits per heavy atom. The summed E-state index contributed by atoms with van der Waals surface area (Å²) in [6.45, 7) is 4.84. The van der Waals surface area contributed by atoms with Crippen molar-refractivity contribution in [2.24, 2.45) is 5.41 Å². The highest BCUT2D eigenvalue weighted by Crippen LogP contribution is 2.48. The molecule has 1 aliphatic carbocycles. The molecule has 1 amide bonds. The molecule has 1 saturated heterocycles. The monoisotopic (exact) mass is 197 g/mol. The largest absolute Gasteiger partial charge is 0.391 e. The molecule has 14 heavy (non-hydrogen) atoms. The molecule has 0 aromatic rings. The van der Waals surface area contributed by atoms with Crippen molar-refractivity contribution in [3.05, 3.63) is 0 Å². The third-order valence-electron chi connectivity index (χ3n) is 3.72. The van der Waals surface area contributed by atoms with Crippen LogP contribution in [0.3, 0.4) is 0 Å². The fourth-order valence-electron chi connectivity index (χ4n) is 2.13. The number of nitrogens with zero attached hydrogens (tertiary/aromatic N) is 1. The minimum Gasteiger partial charge on any atom is -0.391 e. The maximum Gasteiger partial charge on any atom is 0.223 e. The molecule has 0 bridgehead atoms. The van der Waals surface area contributed by atoms with Crippen molar-refractivity contribution in [1.29, 1.82) is 0 Å². The number of hydrogen-bond donors (Lipinski definition) is 1. The van der Waals surface area contributed by atoms with Crippen LogP contribution in [0, 0.1) is 5.41 Å². The smallest absolute Gasteiger partial charge is 0.223 e. The highest BCUT2D eigenvalue weighted by atomic mass is 16.3. The van der Waals surface area contributed by atoms with Crippen LogP contribution in [0.25, 0.3) is 0 Å². The van der Waals surface area contributed by atoms with Gasteiger partial charge in [0.05, 0.1) is 12.1 Å². The molecule has 1 heterocycles. The van der Waals surface area contributed by atoms with Gasteiger partial charge in [0.1, 0.15) is 0 Å². The number of amides is 1. The van der Waals surface area contributed by atoms with E-state index in [4.69, 9.17) is 0 Å². The number of aliphatic hydroxyl groups is 1. The number of rotatable bonds is 2. The van der Waals surface area contributed by atoms with E-state index in [2.05, 4.69) is 6.92 Å². The molecule has 0 radical (unpaired) electrons. The fraction of sp³-hybridized carbons (Fsp3) is 0.909. The van der Waals surface area contributed by atoms with E-state index in [0.29, 0.717) is 6.42 Å². The van der Waals surface area contributed by atoms with Crippen LogP contribution < -0.4 is 0 Å². The lowest BCUT2D eigenvalue weighted by atomic mass is 10.0. The Kier molecular flexibility index (Phi) is 2.30. The zero-order valence-corrected chi connectivity index (χ0v) is 8.99. The first-order valence-electron chi connectivity index (χ1n) is 5.49. The molecule has 0 aromatic heterocycles. The standard InChI is InChI=1S/C11H19NO2/c1-8-9(13)3-6-12(8)10(14)7-11(2)4-5-11/h8-9,13H,3-7H2,1-2H3/t8-,9-/m1/s1. The Hall–Kier alpha value is -0.570. The van der Waals surface area contributed by atoms with Gasteiger partial charge in [-0.25, -0.2) is 0 Å². The van der Waals surface area contributed by atoms with Gasteiger partial charge in [0, 0.05) is 13.0 Å². The predicted molar refractivity (Wildman–Crippen MR) is 53.8 cm³/mol. The van der Waals surface area contributed by atoms with E-state index < -0.39 is 0 Å². The van der Waals surface area contributed by atoms with E-state index in [9.17, 15) is 9.90 Å². The van der Waals surface area contributed by atoms with Crippen LogP contribution in [-0.4, -0.2) is 34.6 Å². The molecule has 3 heteroatoms. The lowest BCUT2D eigenvalue weighted by molar-refractivity contribution is -0.133. The fourth-order valence-corrected chi connectivity index (χ4v) is 2.13. The van der Waals surface area contributed by atoms with Crippen molar-refractivity contribution in [1.82, 2.24) is 4.90 Å². The first kappa shape index (κ1) is 9.97. The van der Waals surface area contributed by atoms with Crippen molar-refractivity contribution in [3.63, 3.8) is 0 Å². The topological polar surface area (TPSA) is 40.5 Å². The molecule has 2 aliphatic rings. The van der Waals surface area contributed by atoms with Crippen molar-refractivity contribution in [2.45, 2.75) is 51.7 Å². The van der Waals surface area contributed by atoms with Crippen LogP contribution in [0.5, 0.6) is 0 Å². The van der Waals surface area contributed by atoms with E-state index in [0.717, 1.165) is 13.0 Å². The van der Waals surface area contributed by atoms with Gasteiger partial charge in [0.2, 0.25) is 5.91 Å². The maximum atomic E-state index is 11.9. The Balaban J connectivity index is 1.91. The van der Waals surface area contributed by atoms with Gasteiger partial charge < -0.3 is 10.0 Å². The van der Waals surface area contributed by atoms with Crippen molar-refractivity contribution in [3.8, 4) is 0 Å². The number of carbonyl (C=O) groups excluding carboxylic acids is 1. The predicted octanol–water partition coefficient (Wildman–Crippen LogP) is 1.16. The molecule has 1 N–H and O–H groups in total. The molecule has 0 unspecified atom stereocenters. The Morgan fingerprint density at radius 2 is 2.21 bits per heavy atom. The third kappa shape index (κ3) is 1.78. The molecular weight excluding hydrogens is 178 g/mol. The van der Waals surface area contributed by atoms with Gasteiger partial charge in [0.15, 0.2) is 0 Å². The van der Waals surface area contributed by atoms with Crippen LogP contribution in [0.4, 0.5) is 0 Å². The Morgan fingerprint density at radius 3 is 2.64 bits per heavy atom. The van der Waals surface area contributed by atoms with Crippen LogP contribution in [0.2, 0.25) is 0 Å². The minimum atomic E-state index is -0.314. The maximum absolute atomic E-state index is 11.9. The highest BCUT2D eigenvalue weighted by Gasteiger charge is 2.42. The van der Waals surface area contributed by atoms with Gasteiger partial charge in [-0.1, -0.05) is 6.92 Å². The van der Waals surface area contributed by atoms with Crippen LogP contribution in [-0.2, 0) is 4.79 Å². The highest BCUT2D eigenvalue weighted by molar-refractivity contribution is 5.78. The van der Waals surface area contributed by atoms with E-state index in [-0.39, 0.29) is 23.5 Å². The summed E-state index contributed by atoms with van der Waals surface area (Å²) in [6, 6.07) is 0.0184. The van der Waals surface area contributed by atoms with E-state index in [1.165, 1.54) is 12.8 Å². The number of carbonyl (C=O) groups is 1. The molecule has 0 aromatic carbocycles. The summed E-state index contributed by atoms with van der Waals surface area (Å²) in [6.07, 6.45) is 3.46. The van der Waals surface area contributed by atoms with Gasteiger partial charge >= 0.3 is 0 Å². The van der Waals surface area contributed by atoms with Gasteiger partial charge in [0.25, 0.3) is 0 Å². The van der Waals surface area contributed by atoms with Gasteiger partial charge in [-0.05, 0) is 31.6 Å². The van der Waals surface area contributed by atoms with Gasteiger partial charge in [-0.3, -0.25) is 4.79 Å². The average Bonchev–Trinajstić information content (AvgIpc) is 2.73. The molecule has 2 fully saturated rings. The summed E-state index contributed by atoms with van der Waals surface area (Å²) in [7, 11) is 0. The van der Waals surface area contributed by atoms with Crippen LogP contribution in [0.15, 0.2) is 0 Å². The molecule has 0 spiro atoms. The molecule has 3 nitrogen and oxygen atoms in total. The van der Waals surface area contributed by atoms with Crippen LogP contribution in [0.1, 0.15) is 39.5 Å². The van der Waals surface area contributed by atoms with Crippen LogP contribution >= 0.6 is 0 Å². The molecule has 1 saturated carbocycles. The summed E-state index contributed by atoms with van der Waals surface area (Å²) < 4.78 is 0. The third-order valence-corrected chi connectivity index (χ3v) is 3.72. The number of hydrogen-bond acceptors (Lipinski definition) is 2. The first-order valence-corrected chi connectivity index (χ1v) is 5.49.